The molecule has 1 aliphatic rings. The predicted molar refractivity (Wildman–Crippen MR) is 75.0 cm³/mol. The van der Waals surface area contributed by atoms with Crippen molar-refractivity contribution in [2.24, 2.45) is 0 Å². The highest BCUT2D eigenvalue weighted by molar-refractivity contribution is 5.66. The van der Waals surface area contributed by atoms with Crippen LogP contribution in [0.5, 0.6) is 5.75 Å². The minimum absolute atomic E-state index is 0.219. The molecule has 1 aromatic carbocycles. The third kappa shape index (κ3) is 3.63. The molecule has 0 atom stereocenters. The summed E-state index contributed by atoms with van der Waals surface area (Å²) in [6.45, 7) is 2.19. The first-order valence-electron chi connectivity index (χ1n) is 6.84. The number of benzene rings is 1. The van der Waals surface area contributed by atoms with Gasteiger partial charge in [-0.2, -0.15) is 0 Å². The maximum atomic E-state index is 10.6. The normalized spacial score (nSPS) is 14.7. The molecule has 1 N–H and O–H groups in total. The molecule has 4 nitrogen and oxygen atoms in total. The number of carbonyl (C=O) groups is 1. The highest BCUT2D eigenvalue weighted by Crippen LogP contribution is 2.29. The highest BCUT2D eigenvalue weighted by atomic mass is 16.5. The summed E-state index contributed by atoms with van der Waals surface area (Å²) >= 11 is 0. The minimum atomic E-state index is -0.731. The first kappa shape index (κ1) is 13.7. The van der Waals surface area contributed by atoms with Crippen molar-refractivity contribution in [1.82, 2.24) is 0 Å². The molecular formula is C15H21NO3. The number of anilines is 1. The van der Waals surface area contributed by atoms with E-state index in [9.17, 15) is 4.79 Å². The molecule has 19 heavy (non-hydrogen) atoms. The largest absolute Gasteiger partial charge is 0.497 e. The third-order valence-corrected chi connectivity index (χ3v) is 3.57. The summed E-state index contributed by atoms with van der Waals surface area (Å²) in [6.07, 6.45) is 4.15. The fourth-order valence-corrected chi connectivity index (χ4v) is 2.59. The Morgan fingerprint density at radius 1 is 1.37 bits per heavy atom. The molecule has 1 aromatic rings. The predicted octanol–water partition coefficient (Wildman–Crippen LogP) is 2.70. The van der Waals surface area contributed by atoms with Gasteiger partial charge in [0.2, 0.25) is 0 Å². The van der Waals surface area contributed by atoms with Crippen LogP contribution in [0.1, 0.15) is 31.2 Å². The van der Waals surface area contributed by atoms with Crippen LogP contribution in [-0.2, 0) is 11.2 Å². The Hall–Kier alpha value is -1.71. The van der Waals surface area contributed by atoms with Crippen molar-refractivity contribution in [3.63, 3.8) is 0 Å². The van der Waals surface area contributed by atoms with Crippen LogP contribution in [0.4, 0.5) is 5.69 Å². The average Bonchev–Trinajstić information content (AvgIpc) is 2.92. The van der Waals surface area contributed by atoms with Crippen LogP contribution in [-0.4, -0.2) is 31.3 Å². The first-order valence-corrected chi connectivity index (χ1v) is 6.84. The van der Waals surface area contributed by atoms with Crippen molar-refractivity contribution in [3.05, 3.63) is 23.8 Å². The monoisotopic (exact) mass is 263 g/mol. The summed E-state index contributed by atoms with van der Waals surface area (Å²) in [4.78, 5) is 13.0. The Labute approximate surface area is 114 Å². The van der Waals surface area contributed by atoms with E-state index in [1.165, 1.54) is 24.1 Å². The topological polar surface area (TPSA) is 49.8 Å². The maximum Gasteiger partial charge on any atom is 0.303 e. The third-order valence-electron chi connectivity index (χ3n) is 3.57. The Balaban J connectivity index is 2.13. The van der Waals surface area contributed by atoms with Crippen LogP contribution < -0.4 is 9.64 Å². The molecule has 1 heterocycles. The van der Waals surface area contributed by atoms with Gasteiger partial charge in [0.25, 0.3) is 0 Å². The van der Waals surface area contributed by atoms with E-state index in [1.807, 2.05) is 12.1 Å². The number of hydrogen-bond donors (Lipinski definition) is 1. The van der Waals surface area contributed by atoms with Crippen LogP contribution in [0.3, 0.4) is 0 Å². The van der Waals surface area contributed by atoms with Crippen molar-refractivity contribution in [1.29, 1.82) is 0 Å². The van der Waals surface area contributed by atoms with Gasteiger partial charge in [0.05, 0.1) is 7.11 Å². The maximum absolute atomic E-state index is 10.6. The zero-order valence-corrected chi connectivity index (χ0v) is 11.4. The molecule has 0 bridgehead atoms. The Morgan fingerprint density at radius 2 is 2.11 bits per heavy atom. The van der Waals surface area contributed by atoms with Crippen LogP contribution in [0.15, 0.2) is 18.2 Å². The summed E-state index contributed by atoms with van der Waals surface area (Å²) in [5.41, 5.74) is 2.44. The van der Waals surface area contributed by atoms with E-state index in [1.54, 1.807) is 7.11 Å². The van der Waals surface area contributed by atoms with E-state index in [0.29, 0.717) is 6.42 Å². The van der Waals surface area contributed by atoms with Gasteiger partial charge in [-0.3, -0.25) is 4.79 Å². The van der Waals surface area contributed by atoms with Crippen molar-refractivity contribution in [2.75, 3.05) is 25.1 Å². The van der Waals surface area contributed by atoms with Crippen molar-refractivity contribution >= 4 is 11.7 Å². The number of carboxylic acids is 1. The quantitative estimate of drug-likeness (QED) is 0.857. The summed E-state index contributed by atoms with van der Waals surface area (Å²) in [5, 5.41) is 8.74. The van der Waals surface area contributed by atoms with Crippen LogP contribution in [0.25, 0.3) is 0 Å². The first-order chi connectivity index (χ1) is 9.20. The standard InChI is InChI=1S/C15H21NO3/c1-19-13-7-8-14(16-9-2-3-10-16)12(11-13)5-4-6-15(17)18/h7-8,11H,2-6,9-10H2,1H3,(H,17,18). The molecule has 0 unspecified atom stereocenters. The molecule has 0 spiro atoms. The Morgan fingerprint density at radius 3 is 2.74 bits per heavy atom. The Kier molecular flexibility index (Phi) is 4.66. The summed E-state index contributed by atoms with van der Waals surface area (Å²) in [5.74, 6) is 0.110. The van der Waals surface area contributed by atoms with Gasteiger partial charge < -0.3 is 14.7 Å². The lowest BCUT2D eigenvalue weighted by molar-refractivity contribution is -0.137. The van der Waals surface area contributed by atoms with E-state index >= 15 is 0 Å². The number of rotatable bonds is 6. The van der Waals surface area contributed by atoms with E-state index in [0.717, 1.165) is 25.3 Å². The van der Waals surface area contributed by atoms with Crippen molar-refractivity contribution in [2.45, 2.75) is 32.1 Å². The fraction of sp³-hybridized carbons (Fsp3) is 0.533. The lowest BCUT2D eigenvalue weighted by atomic mass is 10.0. The number of methoxy groups -OCH3 is 1. The highest BCUT2D eigenvalue weighted by Gasteiger charge is 2.16. The van der Waals surface area contributed by atoms with E-state index in [-0.39, 0.29) is 6.42 Å². The lowest BCUT2D eigenvalue weighted by Gasteiger charge is -2.22. The zero-order valence-electron chi connectivity index (χ0n) is 11.4. The summed E-state index contributed by atoms with van der Waals surface area (Å²) in [7, 11) is 1.66. The second-order valence-electron chi connectivity index (χ2n) is 4.94. The number of aryl methyl sites for hydroxylation is 1. The van der Waals surface area contributed by atoms with Gasteiger partial charge in [0, 0.05) is 25.2 Å². The van der Waals surface area contributed by atoms with E-state index in [4.69, 9.17) is 9.84 Å². The van der Waals surface area contributed by atoms with Gasteiger partial charge in [0.1, 0.15) is 5.75 Å². The Bertz CT molecular complexity index is 439. The molecule has 104 valence electrons. The van der Waals surface area contributed by atoms with E-state index in [2.05, 4.69) is 11.0 Å². The van der Waals surface area contributed by atoms with Crippen LogP contribution in [0, 0.1) is 0 Å². The minimum Gasteiger partial charge on any atom is -0.497 e. The molecule has 0 aromatic heterocycles. The molecule has 0 saturated carbocycles. The van der Waals surface area contributed by atoms with Gasteiger partial charge >= 0.3 is 5.97 Å². The van der Waals surface area contributed by atoms with Crippen LogP contribution in [0.2, 0.25) is 0 Å². The van der Waals surface area contributed by atoms with E-state index < -0.39 is 5.97 Å². The molecule has 1 saturated heterocycles. The molecule has 0 radical (unpaired) electrons. The molecule has 4 heteroatoms. The van der Waals surface area contributed by atoms with Gasteiger partial charge in [-0.05, 0) is 49.4 Å². The van der Waals surface area contributed by atoms with Crippen LogP contribution >= 0.6 is 0 Å². The fourth-order valence-electron chi connectivity index (χ4n) is 2.59. The van der Waals surface area contributed by atoms with Crippen molar-refractivity contribution in [3.8, 4) is 5.75 Å². The number of nitrogens with zero attached hydrogens (tertiary/aromatic N) is 1. The lowest BCUT2D eigenvalue weighted by Crippen LogP contribution is -2.19. The van der Waals surface area contributed by atoms with Gasteiger partial charge in [-0.25, -0.2) is 0 Å². The molecule has 1 aliphatic heterocycles. The summed E-state index contributed by atoms with van der Waals surface area (Å²) < 4.78 is 5.27. The molecule has 0 amide bonds. The second kappa shape index (κ2) is 6.45. The number of hydrogen-bond acceptors (Lipinski definition) is 3. The SMILES string of the molecule is COc1ccc(N2CCCC2)c(CCCC(=O)O)c1. The summed E-state index contributed by atoms with van der Waals surface area (Å²) in [6, 6.07) is 6.12. The van der Waals surface area contributed by atoms with Gasteiger partial charge in [0.15, 0.2) is 0 Å². The molecule has 1 fully saturated rings. The van der Waals surface area contributed by atoms with Gasteiger partial charge in [-0.15, -0.1) is 0 Å². The second-order valence-corrected chi connectivity index (χ2v) is 4.94. The molecule has 2 rings (SSSR count). The number of ether oxygens (including phenoxy) is 1. The number of aliphatic carboxylic acids is 1. The smallest absolute Gasteiger partial charge is 0.303 e. The van der Waals surface area contributed by atoms with Gasteiger partial charge in [-0.1, -0.05) is 0 Å². The molecular weight excluding hydrogens is 242 g/mol. The molecule has 0 aliphatic carbocycles. The zero-order chi connectivity index (χ0) is 13.7. The van der Waals surface area contributed by atoms with Crippen molar-refractivity contribution < 1.29 is 14.6 Å². The number of carboxylic acid groups (broad SMARTS) is 1. The average molecular weight is 263 g/mol.